The van der Waals surface area contributed by atoms with Gasteiger partial charge in [-0.1, -0.05) is 90.9 Å². The normalized spacial score (nSPS) is 11.8. The van der Waals surface area contributed by atoms with Crippen molar-refractivity contribution in [3.63, 3.8) is 0 Å². The lowest BCUT2D eigenvalue weighted by Gasteiger charge is -2.32. The molecule has 0 fully saturated rings. The van der Waals surface area contributed by atoms with Crippen LogP contribution < -0.4 is 24.8 Å². The van der Waals surface area contributed by atoms with Gasteiger partial charge in [0.2, 0.25) is 0 Å². The van der Waals surface area contributed by atoms with E-state index in [1.54, 1.807) is 0 Å². The average molecular weight is 498 g/mol. The zero-order chi connectivity index (χ0) is 22.6. The quantitative estimate of drug-likeness (QED) is 0.150. The number of halogens is 2. The van der Waals surface area contributed by atoms with E-state index in [1.165, 1.54) is 151 Å². The number of unbranched alkanes of at least 4 members (excludes halogenated alkanes) is 15. The van der Waals surface area contributed by atoms with Gasteiger partial charge in [-0.2, -0.15) is 0 Å². The van der Waals surface area contributed by atoms with Crippen molar-refractivity contribution in [3.8, 4) is 0 Å². The third-order valence-electron chi connectivity index (χ3n) is 7.01. The fourth-order valence-corrected chi connectivity index (χ4v) is 4.65. The van der Waals surface area contributed by atoms with Crippen LogP contribution in [0.25, 0.3) is 0 Å². The first-order valence-electron chi connectivity index (χ1n) is 14.0. The van der Waals surface area contributed by atoms with Crippen molar-refractivity contribution in [2.45, 2.75) is 129 Å². The van der Waals surface area contributed by atoms with E-state index in [2.05, 4.69) is 42.0 Å². The highest BCUT2D eigenvalue weighted by molar-refractivity contribution is 4.49. The van der Waals surface area contributed by atoms with Crippen molar-refractivity contribution in [3.05, 3.63) is 0 Å². The lowest BCUT2D eigenvalue weighted by Crippen LogP contribution is -3.00. The van der Waals surface area contributed by atoms with E-state index in [1.807, 2.05) is 0 Å². The summed E-state index contributed by atoms with van der Waals surface area (Å²) < 4.78 is 2.45. The Hall–Kier alpha value is 0.500. The third kappa shape index (κ3) is 26.7. The minimum atomic E-state index is 0. The fourth-order valence-electron chi connectivity index (χ4n) is 4.65. The SMILES string of the molecule is CCCCCCCCCC[N+](C)(C)CCCC[N+](C)(C)CCCCCCCCCC.[Cl-].[Cl-]. The molecule has 0 amide bonds. The van der Waals surface area contributed by atoms with Gasteiger partial charge in [0, 0.05) is 12.8 Å². The van der Waals surface area contributed by atoms with Gasteiger partial charge in [0.05, 0.1) is 54.4 Å². The molecule has 0 unspecified atom stereocenters. The monoisotopic (exact) mass is 496 g/mol. The number of rotatable bonds is 23. The van der Waals surface area contributed by atoms with E-state index in [-0.39, 0.29) is 24.8 Å². The topological polar surface area (TPSA) is 0 Å². The van der Waals surface area contributed by atoms with E-state index in [0.717, 1.165) is 0 Å². The zero-order valence-electron chi connectivity index (χ0n) is 23.2. The molecule has 0 bridgehead atoms. The van der Waals surface area contributed by atoms with Crippen LogP contribution in [-0.2, 0) is 0 Å². The van der Waals surface area contributed by atoms with Crippen molar-refractivity contribution in [1.29, 1.82) is 0 Å². The molecular formula is C28H62Cl2N2. The molecule has 0 aromatic rings. The Bertz CT molecular complexity index is 325. The van der Waals surface area contributed by atoms with Gasteiger partial charge in [-0.15, -0.1) is 0 Å². The molecule has 0 aliphatic carbocycles. The van der Waals surface area contributed by atoms with E-state index in [9.17, 15) is 0 Å². The molecule has 0 aliphatic heterocycles. The van der Waals surface area contributed by atoms with Gasteiger partial charge in [-0.05, 0) is 25.7 Å². The Labute approximate surface area is 217 Å². The maximum atomic E-state index is 2.45. The molecule has 2 nitrogen and oxygen atoms in total. The molecular weight excluding hydrogens is 435 g/mol. The summed E-state index contributed by atoms with van der Waals surface area (Å²) in [6.07, 6.45) is 25.7. The minimum Gasteiger partial charge on any atom is -1.00 e. The van der Waals surface area contributed by atoms with Gasteiger partial charge in [0.15, 0.2) is 0 Å². The first-order valence-corrected chi connectivity index (χ1v) is 14.0. The molecule has 198 valence electrons. The summed E-state index contributed by atoms with van der Waals surface area (Å²) in [6, 6.07) is 0. The molecule has 0 rings (SSSR count). The summed E-state index contributed by atoms with van der Waals surface area (Å²) in [5, 5.41) is 0. The molecule has 4 heteroatoms. The predicted octanol–water partition coefficient (Wildman–Crippen LogP) is 2.21. The van der Waals surface area contributed by atoms with Crippen LogP contribution in [0.15, 0.2) is 0 Å². The smallest absolute Gasteiger partial charge is 0.0784 e. The van der Waals surface area contributed by atoms with Crippen molar-refractivity contribution in [2.75, 3.05) is 54.4 Å². The summed E-state index contributed by atoms with van der Waals surface area (Å²) in [5.74, 6) is 0. The molecule has 0 saturated heterocycles. The Morgan fingerprint density at radius 2 is 0.500 bits per heavy atom. The standard InChI is InChI=1S/C28H62N2.2ClH/c1-7-9-11-13-15-17-19-21-25-29(3,4)27-23-24-28-30(5,6)26-22-20-18-16-14-12-10-8-2;;/h7-28H2,1-6H3;2*1H/q+2;;/p-2. The van der Waals surface area contributed by atoms with E-state index >= 15 is 0 Å². The minimum absolute atomic E-state index is 0. The molecule has 0 aromatic heterocycles. The second kappa shape index (κ2) is 24.6. The third-order valence-corrected chi connectivity index (χ3v) is 7.01. The summed E-state index contributed by atoms with van der Waals surface area (Å²) in [4.78, 5) is 0. The van der Waals surface area contributed by atoms with E-state index < -0.39 is 0 Å². The first-order chi connectivity index (χ1) is 14.3. The molecule has 0 saturated carbocycles. The Morgan fingerprint density at radius 1 is 0.312 bits per heavy atom. The van der Waals surface area contributed by atoms with Crippen molar-refractivity contribution >= 4 is 0 Å². The zero-order valence-corrected chi connectivity index (χ0v) is 24.7. The highest BCUT2D eigenvalue weighted by atomic mass is 35.5. The summed E-state index contributed by atoms with van der Waals surface area (Å²) in [6.45, 7) is 10.0. The fraction of sp³-hybridized carbons (Fsp3) is 1.00. The number of nitrogens with zero attached hydrogens (tertiary/aromatic N) is 2. The second-order valence-corrected chi connectivity index (χ2v) is 11.4. The van der Waals surface area contributed by atoms with Crippen LogP contribution in [0.5, 0.6) is 0 Å². The first kappa shape index (κ1) is 37.1. The number of hydrogen-bond acceptors (Lipinski definition) is 0. The maximum absolute atomic E-state index is 2.45. The lowest BCUT2D eigenvalue weighted by molar-refractivity contribution is -0.897. The number of quaternary nitrogens is 2. The van der Waals surface area contributed by atoms with Crippen LogP contribution in [-0.4, -0.2) is 63.3 Å². The van der Waals surface area contributed by atoms with Crippen molar-refractivity contribution < 1.29 is 33.8 Å². The highest BCUT2D eigenvalue weighted by Gasteiger charge is 2.17. The Kier molecular flexibility index (Phi) is 28.5. The Balaban J connectivity index is -0.00000420. The molecule has 0 aliphatic rings. The van der Waals surface area contributed by atoms with Crippen LogP contribution in [0, 0.1) is 0 Å². The van der Waals surface area contributed by atoms with Gasteiger partial charge in [-0.3, -0.25) is 0 Å². The molecule has 0 heterocycles. The lowest BCUT2D eigenvalue weighted by atomic mass is 10.1. The molecule has 0 spiro atoms. The van der Waals surface area contributed by atoms with Gasteiger partial charge in [-0.25, -0.2) is 0 Å². The highest BCUT2D eigenvalue weighted by Crippen LogP contribution is 2.13. The molecule has 0 N–H and O–H groups in total. The van der Waals surface area contributed by atoms with Gasteiger partial charge in [0.1, 0.15) is 0 Å². The maximum Gasteiger partial charge on any atom is 0.0784 e. The van der Waals surface area contributed by atoms with Gasteiger partial charge in [0.25, 0.3) is 0 Å². The second-order valence-electron chi connectivity index (χ2n) is 11.4. The van der Waals surface area contributed by atoms with Gasteiger partial charge < -0.3 is 33.8 Å². The summed E-state index contributed by atoms with van der Waals surface area (Å²) in [7, 11) is 9.78. The molecule has 0 radical (unpaired) electrons. The van der Waals surface area contributed by atoms with Crippen molar-refractivity contribution in [1.82, 2.24) is 0 Å². The average Bonchev–Trinajstić information content (AvgIpc) is 2.69. The van der Waals surface area contributed by atoms with Crippen LogP contribution in [0.2, 0.25) is 0 Å². The molecule has 0 atom stereocenters. The van der Waals surface area contributed by atoms with Crippen LogP contribution >= 0.6 is 0 Å². The Morgan fingerprint density at radius 3 is 0.750 bits per heavy atom. The van der Waals surface area contributed by atoms with Crippen molar-refractivity contribution in [2.24, 2.45) is 0 Å². The predicted molar refractivity (Wildman–Crippen MR) is 138 cm³/mol. The molecule has 32 heavy (non-hydrogen) atoms. The summed E-state index contributed by atoms with van der Waals surface area (Å²) in [5.41, 5.74) is 0. The van der Waals surface area contributed by atoms with E-state index in [4.69, 9.17) is 0 Å². The van der Waals surface area contributed by atoms with Crippen LogP contribution in [0.1, 0.15) is 129 Å². The molecule has 0 aromatic carbocycles. The van der Waals surface area contributed by atoms with Crippen LogP contribution in [0.3, 0.4) is 0 Å². The van der Waals surface area contributed by atoms with E-state index in [0.29, 0.717) is 0 Å². The summed E-state index contributed by atoms with van der Waals surface area (Å²) >= 11 is 0. The largest absolute Gasteiger partial charge is 1.00 e. The number of hydrogen-bond donors (Lipinski definition) is 0. The van der Waals surface area contributed by atoms with Crippen LogP contribution in [0.4, 0.5) is 0 Å². The van der Waals surface area contributed by atoms with Gasteiger partial charge >= 0.3 is 0 Å².